The van der Waals surface area contributed by atoms with Crippen LogP contribution in [0.2, 0.25) is 0 Å². The van der Waals surface area contributed by atoms with Gasteiger partial charge in [0.25, 0.3) is 0 Å². The number of hydrogen-bond donors (Lipinski definition) is 0. The molecule has 1 aliphatic rings. The highest BCUT2D eigenvalue weighted by Gasteiger charge is 2.25. The molecular weight excluding hydrogens is 290 g/mol. The number of anilines is 1. The third-order valence-electron chi connectivity index (χ3n) is 3.42. The fourth-order valence-electron chi connectivity index (χ4n) is 2.29. The Labute approximate surface area is 124 Å². The minimum atomic E-state index is -3.56. The summed E-state index contributed by atoms with van der Waals surface area (Å²) < 4.78 is 24.9. The van der Waals surface area contributed by atoms with E-state index < -0.39 is 10.0 Å². The Morgan fingerprint density at radius 2 is 1.86 bits per heavy atom. The number of nitrogens with zero attached hydrogens (tertiary/aromatic N) is 3. The average Bonchev–Trinajstić information content (AvgIpc) is 2.98. The Morgan fingerprint density at radius 1 is 1.29 bits per heavy atom. The fraction of sp³-hybridized carbons (Fsp3) is 0.429. The summed E-state index contributed by atoms with van der Waals surface area (Å²) in [7, 11) is -3.56. The summed E-state index contributed by atoms with van der Waals surface area (Å²) in [5.41, 5.74) is 0.835. The number of carbonyl (C=O) groups excluding carboxylic acids is 1. The lowest BCUT2D eigenvalue weighted by Crippen LogP contribution is -2.41. The average molecular weight is 307 g/mol. The highest BCUT2D eigenvalue weighted by atomic mass is 32.2. The molecule has 0 N–H and O–H groups in total. The first-order valence-electron chi connectivity index (χ1n) is 6.67. The first kappa shape index (κ1) is 15.3. The second-order valence-electron chi connectivity index (χ2n) is 5.02. The second-order valence-corrected chi connectivity index (χ2v) is 6.92. The number of benzene rings is 1. The van der Waals surface area contributed by atoms with Crippen molar-refractivity contribution in [2.75, 3.05) is 30.2 Å². The van der Waals surface area contributed by atoms with Gasteiger partial charge in [0.05, 0.1) is 23.6 Å². The van der Waals surface area contributed by atoms with Crippen LogP contribution in [0.3, 0.4) is 0 Å². The third kappa shape index (κ3) is 3.73. The number of likely N-dealkylation sites (tertiary alicyclic amines) is 1. The van der Waals surface area contributed by atoms with Crippen LogP contribution in [0.25, 0.3) is 0 Å². The summed E-state index contributed by atoms with van der Waals surface area (Å²) in [4.78, 5) is 13.8. The first-order valence-corrected chi connectivity index (χ1v) is 8.52. The summed E-state index contributed by atoms with van der Waals surface area (Å²) >= 11 is 0. The predicted molar refractivity (Wildman–Crippen MR) is 79.2 cm³/mol. The molecule has 1 heterocycles. The molecule has 1 aromatic rings. The molecule has 112 valence electrons. The number of rotatable bonds is 4. The lowest BCUT2D eigenvalue weighted by molar-refractivity contribution is -0.128. The van der Waals surface area contributed by atoms with Crippen molar-refractivity contribution in [1.82, 2.24) is 4.90 Å². The Bertz CT molecular complexity index is 656. The molecule has 2 rings (SSSR count). The van der Waals surface area contributed by atoms with Gasteiger partial charge in [-0.25, -0.2) is 8.42 Å². The largest absolute Gasteiger partial charge is 0.341 e. The van der Waals surface area contributed by atoms with Gasteiger partial charge in [-0.3, -0.25) is 9.10 Å². The highest BCUT2D eigenvalue weighted by Crippen LogP contribution is 2.19. The van der Waals surface area contributed by atoms with E-state index in [1.807, 2.05) is 6.07 Å². The number of sulfonamides is 1. The zero-order valence-corrected chi connectivity index (χ0v) is 12.6. The molecule has 0 bridgehead atoms. The van der Waals surface area contributed by atoms with Gasteiger partial charge in [0.1, 0.15) is 6.54 Å². The van der Waals surface area contributed by atoms with Crippen LogP contribution in [0.1, 0.15) is 18.4 Å². The Morgan fingerprint density at radius 3 is 2.33 bits per heavy atom. The van der Waals surface area contributed by atoms with E-state index >= 15 is 0 Å². The molecule has 0 atom stereocenters. The fourth-order valence-corrected chi connectivity index (χ4v) is 3.14. The molecule has 21 heavy (non-hydrogen) atoms. The molecule has 1 saturated heterocycles. The van der Waals surface area contributed by atoms with Crippen molar-refractivity contribution in [1.29, 1.82) is 5.26 Å². The molecule has 7 heteroatoms. The SMILES string of the molecule is CS(=O)(=O)N(CC(=O)N1CCCC1)c1ccc(C#N)cc1. The van der Waals surface area contributed by atoms with Crippen molar-refractivity contribution in [3.05, 3.63) is 29.8 Å². The first-order chi connectivity index (χ1) is 9.91. The van der Waals surface area contributed by atoms with E-state index in [2.05, 4.69) is 0 Å². The van der Waals surface area contributed by atoms with E-state index in [1.54, 1.807) is 4.90 Å². The monoisotopic (exact) mass is 307 g/mol. The van der Waals surface area contributed by atoms with Gasteiger partial charge in [0.15, 0.2) is 0 Å². The number of carbonyl (C=O) groups is 1. The molecule has 6 nitrogen and oxygen atoms in total. The Kier molecular flexibility index (Phi) is 4.48. The number of amides is 1. The van der Waals surface area contributed by atoms with Crippen LogP contribution in [0.4, 0.5) is 5.69 Å². The Balaban J connectivity index is 2.22. The van der Waals surface area contributed by atoms with Gasteiger partial charge in [-0.15, -0.1) is 0 Å². The van der Waals surface area contributed by atoms with Gasteiger partial charge in [0.2, 0.25) is 15.9 Å². The summed E-state index contributed by atoms with van der Waals surface area (Å²) in [6.07, 6.45) is 2.99. The molecule has 0 aliphatic carbocycles. The second kappa shape index (κ2) is 6.14. The van der Waals surface area contributed by atoms with Gasteiger partial charge < -0.3 is 4.90 Å². The molecule has 0 saturated carbocycles. The van der Waals surface area contributed by atoms with E-state index in [1.165, 1.54) is 24.3 Å². The smallest absolute Gasteiger partial charge is 0.243 e. The van der Waals surface area contributed by atoms with Crippen LogP contribution in [-0.2, 0) is 14.8 Å². The number of nitriles is 1. The molecule has 1 aromatic carbocycles. The summed E-state index contributed by atoms with van der Waals surface area (Å²) in [6.45, 7) is 1.17. The molecule has 0 aromatic heterocycles. The van der Waals surface area contributed by atoms with Gasteiger partial charge in [-0.1, -0.05) is 0 Å². The van der Waals surface area contributed by atoms with Crippen LogP contribution >= 0.6 is 0 Å². The van der Waals surface area contributed by atoms with Gasteiger partial charge >= 0.3 is 0 Å². The quantitative estimate of drug-likeness (QED) is 0.829. The molecule has 1 fully saturated rings. The summed E-state index contributed by atoms with van der Waals surface area (Å²) in [5, 5.41) is 8.77. The molecule has 1 aliphatic heterocycles. The van der Waals surface area contributed by atoms with Crippen LogP contribution in [-0.4, -0.2) is 45.1 Å². The van der Waals surface area contributed by atoms with Crippen molar-refractivity contribution in [2.24, 2.45) is 0 Å². The van der Waals surface area contributed by atoms with E-state index in [0.29, 0.717) is 24.3 Å². The van der Waals surface area contributed by atoms with Crippen molar-refractivity contribution < 1.29 is 13.2 Å². The molecule has 1 amide bonds. The van der Waals surface area contributed by atoms with Crippen LogP contribution in [0, 0.1) is 11.3 Å². The van der Waals surface area contributed by atoms with E-state index in [4.69, 9.17) is 5.26 Å². The molecule has 0 unspecified atom stereocenters. The standard InChI is InChI=1S/C14H17N3O3S/c1-21(19,20)17(11-14(18)16-8-2-3-9-16)13-6-4-12(10-15)5-7-13/h4-7H,2-3,8-9,11H2,1H3. The summed E-state index contributed by atoms with van der Waals surface area (Å²) in [5.74, 6) is -0.192. The number of hydrogen-bond acceptors (Lipinski definition) is 4. The maximum Gasteiger partial charge on any atom is 0.243 e. The lowest BCUT2D eigenvalue weighted by atomic mass is 10.2. The van der Waals surface area contributed by atoms with Crippen molar-refractivity contribution in [3.8, 4) is 6.07 Å². The minimum Gasteiger partial charge on any atom is -0.341 e. The molecule has 0 spiro atoms. The van der Waals surface area contributed by atoms with Crippen molar-refractivity contribution in [2.45, 2.75) is 12.8 Å². The lowest BCUT2D eigenvalue weighted by Gasteiger charge is -2.24. The van der Waals surface area contributed by atoms with Gasteiger partial charge in [-0.05, 0) is 37.1 Å². The van der Waals surface area contributed by atoms with Crippen molar-refractivity contribution in [3.63, 3.8) is 0 Å². The maximum atomic E-state index is 12.2. The molecular formula is C14H17N3O3S. The third-order valence-corrected chi connectivity index (χ3v) is 4.56. The zero-order valence-electron chi connectivity index (χ0n) is 11.8. The topological polar surface area (TPSA) is 81.5 Å². The van der Waals surface area contributed by atoms with Crippen LogP contribution in [0.5, 0.6) is 0 Å². The minimum absolute atomic E-state index is 0.192. The normalized spacial score (nSPS) is 14.8. The van der Waals surface area contributed by atoms with E-state index in [-0.39, 0.29) is 12.5 Å². The highest BCUT2D eigenvalue weighted by molar-refractivity contribution is 7.92. The van der Waals surface area contributed by atoms with E-state index in [9.17, 15) is 13.2 Å². The summed E-state index contributed by atoms with van der Waals surface area (Å²) in [6, 6.07) is 8.12. The maximum absolute atomic E-state index is 12.2. The van der Waals surface area contributed by atoms with Gasteiger partial charge in [-0.2, -0.15) is 5.26 Å². The van der Waals surface area contributed by atoms with Crippen LogP contribution < -0.4 is 4.31 Å². The van der Waals surface area contributed by atoms with Gasteiger partial charge in [0, 0.05) is 13.1 Å². The molecule has 0 radical (unpaired) electrons. The van der Waals surface area contributed by atoms with E-state index in [0.717, 1.165) is 23.4 Å². The van der Waals surface area contributed by atoms with Crippen molar-refractivity contribution >= 4 is 21.6 Å². The predicted octanol–water partition coefficient (Wildman–Crippen LogP) is 0.947. The Hall–Kier alpha value is -2.07. The zero-order chi connectivity index (χ0) is 15.5. The van der Waals surface area contributed by atoms with Crippen LogP contribution in [0.15, 0.2) is 24.3 Å².